The minimum atomic E-state index is -0.142. The number of nitrogens with two attached hydrogens (primary N) is 1. The second-order valence-electron chi connectivity index (χ2n) is 3.15. The predicted molar refractivity (Wildman–Crippen MR) is 66.7 cm³/mol. The van der Waals surface area contributed by atoms with E-state index >= 15 is 0 Å². The maximum atomic E-state index is 8.81. The molecular formula is C11H8Cl2N4. The van der Waals surface area contributed by atoms with E-state index in [1.807, 2.05) is 0 Å². The van der Waals surface area contributed by atoms with Gasteiger partial charge < -0.3 is 5.43 Å². The average Bonchev–Trinajstić information content (AvgIpc) is 2.34. The lowest BCUT2D eigenvalue weighted by Crippen LogP contribution is -2.21. The van der Waals surface area contributed by atoms with E-state index in [-0.39, 0.29) is 11.3 Å². The molecule has 0 fully saturated rings. The van der Waals surface area contributed by atoms with Gasteiger partial charge >= 0.3 is 0 Å². The summed E-state index contributed by atoms with van der Waals surface area (Å²) in [6.07, 6.45) is 0. The lowest BCUT2D eigenvalue weighted by Gasteiger charge is -2.11. The van der Waals surface area contributed by atoms with E-state index in [0.717, 1.165) is 0 Å². The first-order chi connectivity index (χ1) is 8.06. The van der Waals surface area contributed by atoms with E-state index in [1.165, 1.54) is 0 Å². The second-order valence-corrected chi connectivity index (χ2v) is 3.94. The molecule has 6 heteroatoms. The lowest BCUT2D eigenvalue weighted by molar-refractivity contribution is 0.987. The summed E-state index contributed by atoms with van der Waals surface area (Å²) < 4.78 is 0. The number of benzene rings is 1. The first kappa shape index (κ1) is 13.3. The molecule has 4 nitrogen and oxygen atoms in total. The van der Waals surface area contributed by atoms with Crippen molar-refractivity contribution < 1.29 is 0 Å². The number of rotatable bonds is 2. The van der Waals surface area contributed by atoms with Gasteiger partial charge in [0.1, 0.15) is 12.1 Å². The Kier molecular flexibility index (Phi) is 4.37. The minimum Gasteiger partial charge on any atom is -0.322 e. The SMILES string of the molecule is Cc1c(Cl)ccc(C(NN)=C(C#N)C#N)c1Cl. The topological polar surface area (TPSA) is 85.6 Å². The molecule has 1 aromatic rings. The lowest BCUT2D eigenvalue weighted by atomic mass is 10.1. The van der Waals surface area contributed by atoms with Gasteiger partial charge in [-0.05, 0) is 24.6 Å². The van der Waals surface area contributed by atoms with Crippen LogP contribution in [-0.2, 0) is 0 Å². The maximum absolute atomic E-state index is 8.81. The average molecular weight is 267 g/mol. The molecule has 0 atom stereocenters. The summed E-state index contributed by atoms with van der Waals surface area (Å²) in [5, 5.41) is 18.5. The summed E-state index contributed by atoms with van der Waals surface area (Å²) in [5.41, 5.74) is 3.48. The zero-order valence-corrected chi connectivity index (χ0v) is 10.4. The molecule has 0 saturated carbocycles. The van der Waals surface area contributed by atoms with Crippen LogP contribution in [0.5, 0.6) is 0 Å². The molecule has 0 radical (unpaired) electrons. The molecule has 0 aliphatic carbocycles. The zero-order chi connectivity index (χ0) is 13.0. The van der Waals surface area contributed by atoms with Crippen molar-refractivity contribution in [1.82, 2.24) is 5.43 Å². The molecule has 1 aromatic carbocycles. The van der Waals surface area contributed by atoms with E-state index < -0.39 is 0 Å². The Balaban J connectivity index is 3.55. The first-order valence-corrected chi connectivity index (χ1v) is 5.28. The summed E-state index contributed by atoms with van der Waals surface area (Å²) in [6.45, 7) is 1.74. The van der Waals surface area contributed by atoms with E-state index in [9.17, 15) is 0 Å². The van der Waals surface area contributed by atoms with Gasteiger partial charge in [0.05, 0.1) is 10.7 Å². The smallest absolute Gasteiger partial charge is 0.154 e. The van der Waals surface area contributed by atoms with Crippen molar-refractivity contribution in [1.29, 1.82) is 10.5 Å². The molecule has 1 rings (SSSR count). The fourth-order valence-electron chi connectivity index (χ4n) is 1.28. The minimum absolute atomic E-state index is 0.142. The Morgan fingerprint density at radius 2 is 1.88 bits per heavy atom. The van der Waals surface area contributed by atoms with E-state index in [4.69, 9.17) is 39.6 Å². The van der Waals surface area contributed by atoms with Crippen molar-refractivity contribution in [2.75, 3.05) is 0 Å². The fraction of sp³-hybridized carbons (Fsp3) is 0.0909. The standard InChI is InChI=1S/C11H8Cl2N4/c1-6-9(12)3-2-8(10(6)13)11(17-16)7(4-14)5-15/h2-3,17H,16H2,1H3. The molecule has 0 aliphatic rings. The van der Waals surface area contributed by atoms with Gasteiger partial charge in [-0.3, -0.25) is 5.84 Å². The Morgan fingerprint density at radius 1 is 1.29 bits per heavy atom. The Bertz CT molecular complexity index is 548. The van der Waals surface area contributed by atoms with Crippen LogP contribution in [0.4, 0.5) is 0 Å². The molecule has 0 aromatic heterocycles. The van der Waals surface area contributed by atoms with E-state index in [1.54, 1.807) is 31.2 Å². The van der Waals surface area contributed by atoms with Gasteiger partial charge in [-0.15, -0.1) is 0 Å². The third-order valence-corrected chi connectivity index (χ3v) is 3.10. The predicted octanol–water partition coefficient (Wildman–Crippen LogP) is 2.52. The zero-order valence-electron chi connectivity index (χ0n) is 8.88. The van der Waals surface area contributed by atoms with E-state index in [2.05, 4.69) is 5.43 Å². The van der Waals surface area contributed by atoms with Crippen molar-refractivity contribution in [2.24, 2.45) is 5.84 Å². The van der Waals surface area contributed by atoms with Gasteiger partial charge in [0.15, 0.2) is 5.57 Å². The fourth-order valence-corrected chi connectivity index (χ4v) is 1.74. The normalized spacial score (nSPS) is 9.06. The molecule has 17 heavy (non-hydrogen) atoms. The van der Waals surface area contributed by atoms with Gasteiger partial charge in [0.25, 0.3) is 0 Å². The number of hydrogen-bond donors (Lipinski definition) is 2. The highest BCUT2D eigenvalue weighted by Gasteiger charge is 2.14. The molecule has 0 amide bonds. The first-order valence-electron chi connectivity index (χ1n) is 4.52. The third-order valence-electron chi connectivity index (χ3n) is 2.21. The number of allylic oxidation sites excluding steroid dienone is 1. The summed E-state index contributed by atoms with van der Waals surface area (Å²) in [4.78, 5) is 0. The molecule has 3 N–H and O–H groups in total. The van der Waals surface area contributed by atoms with Crippen LogP contribution in [0.25, 0.3) is 5.70 Å². The highest BCUT2D eigenvalue weighted by atomic mass is 35.5. The molecule has 0 saturated heterocycles. The third kappa shape index (κ3) is 2.51. The highest BCUT2D eigenvalue weighted by molar-refractivity contribution is 6.37. The quantitative estimate of drug-likeness (QED) is 0.489. The highest BCUT2D eigenvalue weighted by Crippen LogP contribution is 2.31. The van der Waals surface area contributed by atoms with Crippen LogP contribution in [0.2, 0.25) is 10.0 Å². The van der Waals surface area contributed by atoms with Crippen molar-refractivity contribution in [3.05, 3.63) is 38.9 Å². The van der Waals surface area contributed by atoms with Crippen molar-refractivity contribution in [2.45, 2.75) is 6.92 Å². The summed E-state index contributed by atoms with van der Waals surface area (Å²) in [6, 6.07) is 6.72. The number of halogens is 2. The van der Waals surface area contributed by atoms with Crippen LogP contribution in [0.1, 0.15) is 11.1 Å². The Morgan fingerprint density at radius 3 is 2.35 bits per heavy atom. The number of hydrogen-bond acceptors (Lipinski definition) is 4. The molecule has 0 unspecified atom stereocenters. The van der Waals surface area contributed by atoms with Gasteiger partial charge in [-0.1, -0.05) is 23.2 Å². The van der Waals surface area contributed by atoms with Crippen molar-refractivity contribution in [3.8, 4) is 12.1 Å². The molecule has 0 heterocycles. The summed E-state index contributed by atoms with van der Waals surface area (Å²) in [7, 11) is 0. The molecular weight excluding hydrogens is 259 g/mol. The number of nitriles is 2. The summed E-state index contributed by atoms with van der Waals surface area (Å²) >= 11 is 12.0. The number of nitrogens with zero attached hydrogens (tertiary/aromatic N) is 2. The van der Waals surface area contributed by atoms with Crippen LogP contribution >= 0.6 is 23.2 Å². The Hall–Kier alpha value is -1.72. The van der Waals surface area contributed by atoms with Gasteiger partial charge in [0, 0.05) is 10.6 Å². The monoisotopic (exact) mass is 266 g/mol. The van der Waals surface area contributed by atoms with E-state index in [0.29, 0.717) is 21.2 Å². The van der Waals surface area contributed by atoms with Crippen LogP contribution in [0.15, 0.2) is 17.7 Å². The molecule has 0 aliphatic heterocycles. The largest absolute Gasteiger partial charge is 0.322 e. The van der Waals surface area contributed by atoms with Gasteiger partial charge in [0.2, 0.25) is 0 Å². The van der Waals surface area contributed by atoms with Crippen molar-refractivity contribution >= 4 is 28.9 Å². The maximum Gasteiger partial charge on any atom is 0.154 e. The van der Waals surface area contributed by atoms with Crippen LogP contribution < -0.4 is 11.3 Å². The van der Waals surface area contributed by atoms with Gasteiger partial charge in [-0.2, -0.15) is 10.5 Å². The molecule has 86 valence electrons. The molecule has 0 spiro atoms. The van der Waals surface area contributed by atoms with Crippen LogP contribution in [-0.4, -0.2) is 0 Å². The number of hydrazine groups is 1. The van der Waals surface area contributed by atoms with Crippen LogP contribution in [0.3, 0.4) is 0 Å². The second kappa shape index (κ2) is 5.56. The van der Waals surface area contributed by atoms with Crippen molar-refractivity contribution in [3.63, 3.8) is 0 Å². The number of nitrogens with one attached hydrogen (secondary N) is 1. The summed E-state index contributed by atoms with van der Waals surface area (Å²) in [5.74, 6) is 5.31. The van der Waals surface area contributed by atoms with Gasteiger partial charge in [-0.25, -0.2) is 0 Å². The Labute approximate surface area is 109 Å². The van der Waals surface area contributed by atoms with Crippen LogP contribution in [0, 0.1) is 29.6 Å². The molecule has 0 bridgehead atoms.